The van der Waals surface area contributed by atoms with Gasteiger partial charge in [0, 0.05) is 30.0 Å². The third kappa shape index (κ3) is 5.72. The number of thiophene rings is 1. The highest BCUT2D eigenvalue weighted by Gasteiger charge is 2.69. The van der Waals surface area contributed by atoms with Crippen LogP contribution in [0.5, 0.6) is 0 Å². The zero-order valence-corrected chi connectivity index (χ0v) is 23.6. The number of alkyl halides is 3. The Labute approximate surface area is 238 Å². The molecule has 2 aromatic rings. The number of ether oxygens (including phenoxy) is 1. The highest BCUT2D eigenvalue weighted by Crippen LogP contribution is 2.65. The number of piperidine rings is 1. The van der Waals surface area contributed by atoms with Crippen molar-refractivity contribution >= 4 is 39.1 Å². The molecule has 2 fully saturated rings. The maximum atomic E-state index is 13.6. The summed E-state index contributed by atoms with van der Waals surface area (Å²) in [6.45, 7) is 5.35. The monoisotopic (exact) mass is 590 g/mol. The van der Waals surface area contributed by atoms with Gasteiger partial charge in [-0.15, -0.1) is 17.8 Å². The minimum absolute atomic E-state index is 0.0757. The lowest BCUT2D eigenvalue weighted by Crippen LogP contribution is -2.60. The van der Waals surface area contributed by atoms with Crippen LogP contribution in [-0.4, -0.2) is 76.9 Å². The molecule has 2 aromatic heterocycles. The van der Waals surface area contributed by atoms with Crippen LogP contribution in [0.1, 0.15) is 38.4 Å². The highest BCUT2D eigenvalue weighted by molar-refractivity contribution is 7.17. The van der Waals surface area contributed by atoms with Crippen molar-refractivity contribution < 1.29 is 32.3 Å². The van der Waals surface area contributed by atoms with E-state index < -0.39 is 48.1 Å². The number of nitrogens with zero attached hydrogens (tertiary/aromatic N) is 4. The van der Waals surface area contributed by atoms with E-state index in [0.29, 0.717) is 11.3 Å². The summed E-state index contributed by atoms with van der Waals surface area (Å²) >= 11 is 1.42. The van der Waals surface area contributed by atoms with Crippen molar-refractivity contribution in [2.75, 3.05) is 13.7 Å². The SMILES string of the molecule is C#Cc1csc2cnnc(CCC(C#N)NC(=O)[C@@H]3[C@@H]4[C@H](CN3C(=O)[C@@H](NC(=O)C(F)(F)F)[C@@H](C)OC)C4(C)C)c12. The number of methoxy groups -OCH3 is 1. The number of aromatic nitrogens is 2. The smallest absolute Gasteiger partial charge is 0.379 e. The number of hydrogen-bond acceptors (Lipinski definition) is 8. The predicted molar refractivity (Wildman–Crippen MR) is 142 cm³/mol. The van der Waals surface area contributed by atoms with E-state index in [1.165, 1.54) is 30.3 Å². The Kier molecular flexibility index (Phi) is 8.30. The molecule has 6 atom stereocenters. The van der Waals surface area contributed by atoms with Crippen molar-refractivity contribution in [2.24, 2.45) is 17.3 Å². The lowest BCUT2D eigenvalue weighted by atomic mass is 9.98. The van der Waals surface area contributed by atoms with Crippen LogP contribution in [-0.2, 0) is 25.5 Å². The fraction of sp³-hybridized carbons (Fsp3) is 0.556. The molecule has 1 aliphatic carbocycles. The first-order chi connectivity index (χ1) is 19.3. The molecule has 0 radical (unpaired) electrons. The van der Waals surface area contributed by atoms with Gasteiger partial charge in [-0.05, 0) is 37.0 Å². The first-order valence-corrected chi connectivity index (χ1v) is 13.7. The second-order valence-corrected chi connectivity index (χ2v) is 11.7. The van der Waals surface area contributed by atoms with Crippen LogP contribution in [0.15, 0.2) is 11.6 Å². The molecule has 4 rings (SSSR count). The summed E-state index contributed by atoms with van der Waals surface area (Å²) in [5.41, 5.74) is 0.949. The Bertz CT molecular complexity index is 1450. The second kappa shape index (κ2) is 11.3. The molecule has 2 N–H and O–H groups in total. The Balaban J connectivity index is 1.52. The molecule has 1 unspecified atom stereocenters. The van der Waals surface area contributed by atoms with E-state index in [1.807, 2.05) is 19.2 Å². The number of halogens is 3. The van der Waals surface area contributed by atoms with Gasteiger partial charge in [-0.25, -0.2) is 0 Å². The van der Waals surface area contributed by atoms with Crippen molar-refractivity contribution in [3.63, 3.8) is 0 Å². The maximum absolute atomic E-state index is 13.6. The van der Waals surface area contributed by atoms with Gasteiger partial charge in [-0.2, -0.15) is 28.6 Å². The summed E-state index contributed by atoms with van der Waals surface area (Å²) in [5, 5.41) is 25.0. The average molecular weight is 591 g/mol. The van der Waals surface area contributed by atoms with Crippen molar-refractivity contribution in [1.82, 2.24) is 25.7 Å². The fourth-order valence-corrected chi connectivity index (χ4v) is 6.57. The molecule has 1 saturated carbocycles. The predicted octanol–water partition coefficient (Wildman–Crippen LogP) is 2.18. The van der Waals surface area contributed by atoms with E-state index in [4.69, 9.17) is 11.2 Å². The van der Waals surface area contributed by atoms with Crippen LogP contribution in [0.2, 0.25) is 0 Å². The van der Waals surface area contributed by atoms with Gasteiger partial charge in [0.1, 0.15) is 18.1 Å². The van der Waals surface area contributed by atoms with Crippen LogP contribution >= 0.6 is 11.3 Å². The first-order valence-electron chi connectivity index (χ1n) is 12.9. The summed E-state index contributed by atoms with van der Waals surface area (Å²) in [6.07, 6.45) is 1.35. The maximum Gasteiger partial charge on any atom is 0.471 e. The summed E-state index contributed by atoms with van der Waals surface area (Å²) in [7, 11) is 1.20. The molecule has 14 heteroatoms. The summed E-state index contributed by atoms with van der Waals surface area (Å²) in [6, 6.07) is -1.61. The molecule has 1 saturated heterocycles. The fourth-order valence-electron chi connectivity index (χ4n) is 5.69. The third-order valence-electron chi connectivity index (χ3n) is 8.17. The number of carbonyl (C=O) groups excluding carboxylic acids is 3. The molecule has 0 aromatic carbocycles. The van der Waals surface area contributed by atoms with Gasteiger partial charge in [0.15, 0.2) is 0 Å². The molecule has 0 spiro atoms. The van der Waals surface area contributed by atoms with Gasteiger partial charge in [-0.3, -0.25) is 14.4 Å². The number of nitriles is 1. The molecule has 3 heterocycles. The standard InChI is InChI=1S/C27H29F3N6O4S/c1-6-14-12-41-18-10-32-35-17(19(14)18)8-7-15(9-31)33-23(37)22-20-16(26(20,3)4)11-36(22)24(38)21(13(2)40-5)34-25(39)27(28,29)30/h1,10,12-13,15-16,20-22H,7-8,11H2,2-5H3,(H,33,37)(H,34,39)/t13-,15?,16+,20+,21+,22+/m1/s1. The largest absolute Gasteiger partial charge is 0.471 e. The summed E-state index contributed by atoms with van der Waals surface area (Å²) in [5.74, 6) is -1.49. The molecule has 218 valence electrons. The van der Waals surface area contributed by atoms with E-state index in [-0.39, 0.29) is 36.6 Å². The van der Waals surface area contributed by atoms with Crippen LogP contribution in [0.4, 0.5) is 13.2 Å². The molecule has 10 nitrogen and oxygen atoms in total. The van der Waals surface area contributed by atoms with Crippen LogP contribution < -0.4 is 10.6 Å². The summed E-state index contributed by atoms with van der Waals surface area (Å²) < 4.78 is 44.9. The van der Waals surface area contributed by atoms with Gasteiger partial charge in [-0.1, -0.05) is 19.8 Å². The molecular formula is C27H29F3N6O4S. The molecular weight excluding hydrogens is 561 g/mol. The average Bonchev–Trinajstić information content (AvgIpc) is 3.31. The number of terminal acetylenes is 1. The van der Waals surface area contributed by atoms with E-state index in [2.05, 4.69) is 27.5 Å². The quantitative estimate of drug-likeness (QED) is 0.427. The molecule has 3 amide bonds. The van der Waals surface area contributed by atoms with Gasteiger partial charge in [0.2, 0.25) is 11.8 Å². The Morgan fingerprint density at radius 2 is 2.05 bits per heavy atom. The number of fused-ring (bicyclic) bond motifs is 2. The highest BCUT2D eigenvalue weighted by atomic mass is 32.1. The number of nitrogens with one attached hydrogen (secondary N) is 2. The van der Waals surface area contributed by atoms with Crippen LogP contribution in [0.25, 0.3) is 10.1 Å². The van der Waals surface area contributed by atoms with Crippen molar-refractivity contribution in [3.8, 4) is 18.4 Å². The Hall–Kier alpha value is -3.75. The van der Waals surface area contributed by atoms with Crippen LogP contribution in [0.3, 0.4) is 0 Å². The number of carbonyl (C=O) groups is 3. The van der Waals surface area contributed by atoms with Crippen LogP contribution in [0, 0.1) is 40.9 Å². The minimum Gasteiger partial charge on any atom is -0.379 e. The number of amides is 3. The van der Waals surface area contributed by atoms with Gasteiger partial charge in [0.05, 0.1) is 28.8 Å². The second-order valence-electron chi connectivity index (χ2n) is 10.8. The van der Waals surface area contributed by atoms with E-state index in [1.54, 1.807) is 11.5 Å². The normalized spacial score (nSPS) is 23.0. The zero-order valence-electron chi connectivity index (χ0n) is 22.8. The minimum atomic E-state index is -5.21. The zero-order chi connectivity index (χ0) is 30.3. The van der Waals surface area contributed by atoms with Gasteiger partial charge >= 0.3 is 12.1 Å². The molecule has 1 aliphatic heterocycles. The van der Waals surface area contributed by atoms with E-state index >= 15 is 0 Å². The Morgan fingerprint density at radius 1 is 1.34 bits per heavy atom. The summed E-state index contributed by atoms with van der Waals surface area (Å²) in [4.78, 5) is 40.0. The molecule has 0 bridgehead atoms. The van der Waals surface area contributed by atoms with Crippen molar-refractivity contribution in [2.45, 2.75) is 64.0 Å². The lowest BCUT2D eigenvalue weighted by molar-refractivity contribution is -0.176. The van der Waals surface area contributed by atoms with Gasteiger partial charge < -0.3 is 20.3 Å². The molecule has 2 aliphatic rings. The van der Waals surface area contributed by atoms with E-state index in [9.17, 15) is 32.8 Å². The number of aryl methyl sites for hydroxylation is 1. The number of rotatable bonds is 9. The topological polar surface area (TPSA) is 137 Å². The van der Waals surface area contributed by atoms with Crippen molar-refractivity contribution in [1.29, 1.82) is 5.26 Å². The first kappa shape index (κ1) is 30.2. The number of likely N-dealkylation sites (tertiary alicyclic amines) is 1. The van der Waals surface area contributed by atoms with Gasteiger partial charge in [0.25, 0.3) is 0 Å². The third-order valence-corrected chi connectivity index (χ3v) is 9.09. The number of hydrogen-bond donors (Lipinski definition) is 2. The van der Waals surface area contributed by atoms with E-state index in [0.717, 1.165) is 10.1 Å². The lowest BCUT2D eigenvalue weighted by Gasteiger charge is -2.34. The van der Waals surface area contributed by atoms with Crippen molar-refractivity contribution in [3.05, 3.63) is 22.8 Å². The Morgan fingerprint density at radius 3 is 2.66 bits per heavy atom. The molecule has 41 heavy (non-hydrogen) atoms.